The van der Waals surface area contributed by atoms with Gasteiger partial charge in [-0.05, 0) is 6.07 Å². The van der Waals surface area contributed by atoms with Crippen molar-refractivity contribution >= 4 is 29.1 Å². The minimum absolute atomic E-state index is 0. The highest BCUT2D eigenvalue weighted by Gasteiger charge is 2.13. The molecule has 0 spiro atoms. The molecule has 2 aromatic rings. The molecule has 0 fully saturated rings. The van der Waals surface area contributed by atoms with E-state index >= 15 is 0 Å². The lowest BCUT2D eigenvalue weighted by atomic mass is 10.3. The average Bonchev–Trinajstić information content (AvgIpc) is 2.67. The number of fused-ring (bicyclic) bond motifs is 1. The van der Waals surface area contributed by atoms with E-state index < -0.39 is 4.92 Å². The Bertz CT molecular complexity index is 594. The first-order chi connectivity index (χ1) is 8.17. The molecule has 0 aliphatic heterocycles. The van der Waals surface area contributed by atoms with Crippen LogP contribution in [-0.2, 0) is 13.2 Å². The predicted octanol–water partition coefficient (Wildman–Crippen LogP) is 2.04. The normalized spacial score (nSPS) is 10.1. The lowest BCUT2D eigenvalue weighted by Crippen LogP contribution is -2.01. The highest BCUT2D eigenvalue weighted by molar-refractivity contribution is 5.85. The summed E-state index contributed by atoms with van der Waals surface area (Å²) in [4.78, 5) is 14.3. The molecule has 0 aliphatic rings. The summed E-state index contributed by atoms with van der Waals surface area (Å²) >= 11 is 0. The van der Waals surface area contributed by atoms with Gasteiger partial charge in [0.1, 0.15) is 12.4 Å². The van der Waals surface area contributed by atoms with Gasteiger partial charge in [-0.25, -0.2) is 4.98 Å². The standard InChI is InChI=1S/C11H11N3O3.ClH/c1-2-5-13-10-4-3-8(14(16)17)6-9(10)12-11(13)7-15;/h2-4,6,15H,1,5,7H2;1H. The zero-order chi connectivity index (χ0) is 12.4. The summed E-state index contributed by atoms with van der Waals surface area (Å²) in [6.45, 7) is 3.92. The SMILES string of the molecule is C=CCn1c(CO)nc2cc([N+](=O)[O-])ccc21.Cl. The number of hydrogen-bond acceptors (Lipinski definition) is 4. The summed E-state index contributed by atoms with van der Waals surface area (Å²) in [5.74, 6) is 0.473. The van der Waals surface area contributed by atoms with E-state index in [2.05, 4.69) is 11.6 Å². The molecule has 0 atom stereocenters. The third kappa shape index (κ3) is 2.34. The van der Waals surface area contributed by atoms with Crippen molar-refractivity contribution in [3.05, 3.63) is 46.8 Å². The van der Waals surface area contributed by atoms with Crippen molar-refractivity contribution in [2.24, 2.45) is 0 Å². The van der Waals surface area contributed by atoms with Crippen molar-refractivity contribution in [1.29, 1.82) is 0 Å². The van der Waals surface area contributed by atoms with Crippen LogP contribution in [0.25, 0.3) is 11.0 Å². The topological polar surface area (TPSA) is 81.2 Å². The number of rotatable bonds is 4. The van der Waals surface area contributed by atoms with Crippen molar-refractivity contribution in [2.75, 3.05) is 0 Å². The maximum absolute atomic E-state index is 10.6. The van der Waals surface area contributed by atoms with E-state index in [4.69, 9.17) is 0 Å². The number of hydrogen-bond donors (Lipinski definition) is 1. The molecule has 0 aliphatic carbocycles. The van der Waals surface area contributed by atoms with Gasteiger partial charge in [0.2, 0.25) is 0 Å². The van der Waals surface area contributed by atoms with Gasteiger partial charge in [-0.15, -0.1) is 19.0 Å². The highest BCUT2D eigenvalue weighted by Crippen LogP contribution is 2.22. The molecule has 96 valence electrons. The highest BCUT2D eigenvalue weighted by atomic mass is 35.5. The number of benzene rings is 1. The van der Waals surface area contributed by atoms with E-state index in [0.29, 0.717) is 17.9 Å². The molecule has 0 radical (unpaired) electrons. The molecule has 2 rings (SSSR count). The molecule has 0 bridgehead atoms. The maximum Gasteiger partial charge on any atom is 0.271 e. The lowest BCUT2D eigenvalue weighted by Gasteiger charge is -2.03. The zero-order valence-electron chi connectivity index (χ0n) is 9.44. The van der Waals surface area contributed by atoms with Crippen LogP contribution in [0.4, 0.5) is 5.69 Å². The first-order valence-electron chi connectivity index (χ1n) is 5.02. The van der Waals surface area contributed by atoms with Crippen molar-refractivity contribution in [3.63, 3.8) is 0 Å². The second kappa shape index (κ2) is 5.61. The zero-order valence-corrected chi connectivity index (χ0v) is 10.3. The lowest BCUT2D eigenvalue weighted by molar-refractivity contribution is -0.384. The summed E-state index contributed by atoms with van der Waals surface area (Å²) in [7, 11) is 0. The Hall–Kier alpha value is -1.92. The minimum atomic E-state index is -0.468. The third-order valence-electron chi connectivity index (χ3n) is 2.47. The van der Waals surface area contributed by atoms with E-state index in [9.17, 15) is 15.2 Å². The van der Waals surface area contributed by atoms with Gasteiger partial charge in [0.05, 0.1) is 16.0 Å². The fourth-order valence-electron chi connectivity index (χ4n) is 1.74. The first-order valence-corrected chi connectivity index (χ1v) is 5.02. The Balaban J connectivity index is 0.00000162. The molecular formula is C11H12ClN3O3. The fraction of sp³-hybridized carbons (Fsp3) is 0.182. The molecule has 1 N–H and O–H groups in total. The van der Waals surface area contributed by atoms with Gasteiger partial charge in [0.15, 0.2) is 0 Å². The maximum atomic E-state index is 10.6. The van der Waals surface area contributed by atoms with Crippen LogP contribution in [0.1, 0.15) is 5.82 Å². The summed E-state index contributed by atoms with van der Waals surface area (Å²) in [6, 6.07) is 4.45. The van der Waals surface area contributed by atoms with E-state index in [1.165, 1.54) is 12.1 Å². The van der Waals surface area contributed by atoms with Gasteiger partial charge in [-0.1, -0.05) is 6.08 Å². The fourth-order valence-corrected chi connectivity index (χ4v) is 1.74. The van der Waals surface area contributed by atoms with E-state index in [1.54, 1.807) is 16.7 Å². The summed E-state index contributed by atoms with van der Waals surface area (Å²) in [5, 5.41) is 19.8. The van der Waals surface area contributed by atoms with Gasteiger partial charge in [-0.2, -0.15) is 0 Å². The Morgan fingerprint density at radius 1 is 1.56 bits per heavy atom. The van der Waals surface area contributed by atoms with E-state index in [0.717, 1.165) is 5.52 Å². The predicted molar refractivity (Wildman–Crippen MR) is 69.8 cm³/mol. The van der Waals surface area contributed by atoms with Crippen molar-refractivity contribution < 1.29 is 10.0 Å². The van der Waals surface area contributed by atoms with Crippen molar-refractivity contribution in [2.45, 2.75) is 13.2 Å². The number of nitrogens with zero attached hydrogens (tertiary/aromatic N) is 3. The van der Waals surface area contributed by atoms with Gasteiger partial charge in [-0.3, -0.25) is 10.1 Å². The van der Waals surface area contributed by atoms with Gasteiger partial charge >= 0.3 is 0 Å². The van der Waals surface area contributed by atoms with Crippen LogP contribution in [0.15, 0.2) is 30.9 Å². The molecule has 1 heterocycles. The number of halogens is 1. The number of aliphatic hydroxyl groups is 1. The number of nitro groups is 1. The van der Waals surface area contributed by atoms with Crippen molar-refractivity contribution in [3.8, 4) is 0 Å². The van der Waals surface area contributed by atoms with Gasteiger partial charge < -0.3 is 9.67 Å². The second-order valence-corrected chi connectivity index (χ2v) is 3.52. The summed E-state index contributed by atoms with van der Waals surface area (Å²) in [5.41, 5.74) is 1.25. The molecule has 0 amide bonds. The van der Waals surface area contributed by atoms with Crippen LogP contribution in [-0.4, -0.2) is 19.6 Å². The minimum Gasteiger partial charge on any atom is -0.388 e. The number of allylic oxidation sites excluding steroid dienone is 1. The number of nitro benzene ring substituents is 1. The molecule has 18 heavy (non-hydrogen) atoms. The van der Waals surface area contributed by atoms with E-state index in [1.807, 2.05) is 0 Å². The monoisotopic (exact) mass is 269 g/mol. The summed E-state index contributed by atoms with van der Waals surface area (Å²) < 4.78 is 1.77. The quantitative estimate of drug-likeness (QED) is 0.523. The number of non-ortho nitro benzene ring substituents is 1. The molecule has 0 unspecified atom stereocenters. The molecule has 0 saturated heterocycles. The molecule has 1 aromatic heterocycles. The Labute approximate surface area is 109 Å². The molecule has 1 aromatic carbocycles. The van der Waals surface area contributed by atoms with Gasteiger partial charge in [0, 0.05) is 18.7 Å². The molecule has 0 saturated carbocycles. The molecule has 7 heteroatoms. The van der Waals surface area contributed by atoms with Crippen LogP contribution in [0.2, 0.25) is 0 Å². The smallest absolute Gasteiger partial charge is 0.271 e. The van der Waals surface area contributed by atoms with Crippen LogP contribution in [0.3, 0.4) is 0 Å². The third-order valence-corrected chi connectivity index (χ3v) is 2.47. The molecule has 6 nitrogen and oxygen atoms in total. The van der Waals surface area contributed by atoms with Gasteiger partial charge in [0.25, 0.3) is 5.69 Å². The van der Waals surface area contributed by atoms with Crippen LogP contribution < -0.4 is 0 Å². The molecular weight excluding hydrogens is 258 g/mol. The Kier molecular flexibility index (Phi) is 4.41. The average molecular weight is 270 g/mol. The van der Waals surface area contributed by atoms with Crippen LogP contribution in [0.5, 0.6) is 0 Å². The number of imidazole rings is 1. The summed E-state index contributed by atoms with van der Waals surface area (Å²) in [6.07, 6.45) is 1.68. The van der Waals surface area contributed by atoms with E-state index in [-0.39, 0.29) is 24.7 Å². The van der Waals surface area contributed by atoms with Crippen LogP contribution in [0, 0.1) is 10.1 Å². The Morgan fingerprint density at radius 3 is 2.83 bits per heavy atom. The number of aromatic nitrogens is 2. The Morgan fingerprint density at radius 2 is 2.28 bits per heavy atom. The largest absolute Gasteiger partial charge is 0.388 e. The van der Waals surface area contributed by atoms with Crippen molar-refractivity contribution in [1.82, 2.24) is 9.55 Å². The van der Waals surface area contributed by atoms with Crippen LogP contribution >= 0.6 is 12.4 Å². The first kappa shape index (κ1) is 14.1. The number of aliphatic hydroxyl groups excluding tert-OH is 1. The second-order valence-electron chi connectivity index (χ2n) is 3.52.